The highest BCUT2D eigenvalue weighted by atomic mass is 16.7. The zero-order chi connectivity index (χ0) is 23.5. The molecule has 0 bridgehead atoms. The van der Waals surface area contributed by atoms with E-state index in [-0.39, 0.29) is 24.5 Å². The van der Waals surface area contributed by atoms with Crippen molar-refractivity contribution in [1.29, 1.82) is 0 Å². The highest BCUT2D eigenvalue weighted by molar-refractivity contribution is 6.08. The lowest BCUT2D eigenvalue weighted by Gasteiger charge is -2.32. The van der Waals surface area contributed by atoms with Crippen molar-refractivity contribution in [3.8, 4) is 17.2 Å². The first kappa shape index (κ1) is 22.1. The fraction of sp³-hybridized carbons (Fsp3) is 0.333. The molecule has 176 valence electrons. The zero-order valence-corrected chi connectivity index (χ0v) is 19.2. The van der Waals surface area contributed by atoms with Crippen LogP contribution in [0.3, 0.4) is 0 Å². The third kappa shape index (κ3) is 4.38. The first-order valence-corrected chi connectivity index (χ1v) is 11.7. The molecule has 7 heteroatoms. The number of fused-ring (bicyclic) bond motifs is 2. The van der Waals surface area contributed by atoms with Gasteiger partial charge >= 0.3 is 0 Å². The van der Waals surface area contributed by atoms with E-state index in [1.165, 1.54) is 0 Å². The second kappa shape index (κ2) is 9.63. The fourth-order valence-corrected chi connectivity index (χ4v) is 4.75. The zero-order valence-electron chi connectivity index (χ0n) is 19.2. The van der Waals surface area contributed by atoms with Crippen LogP contribution in [0.5, 0.6) is 17.2 Å². The molecule has 0 radical (unpaired) electrons. The average molecular weight is 461 g/mol. The van der Waals surface area contributed by atoms with Crippen molar-refractivity contribution in [2.45, 2.75) is 19.3 Å². The lowest BCUT2D eigenvalue weighted by molar-refractivity contribution is -0.126. The molecule has 2 aliphatic rings. The number of likely N-dealkylation sites (tertiary alicyclic amines) is 1. The number of benzene rings is 3. The number of ether oxygens (including phenoxy) is 3. The SMILES string of the molecule is COc1ccc(C(=O)N2CCC[C@@H](C(=O)NCCc3ccc4c(c3)OCO4)C2)c2ccccc12. The van der Waals surface area contributed by atoms with E-state index < -0.39 is 0 Å². The minimum absolute atomic E-state index is 0.00201. The van der Waals surface area contributed by atoms with Gasteiger partial charge in [-0.15, -0.1) is 0 Å². The van der Waals surface area contributed by atoms with Gasteiger partial charge in [0, 0.05) is 30.6 Å². The van der Waals surface area contributed by atoms with Gasteiger partial charge in [0.2, 0.25) is 12.7 Å². The number of hydrogen-bond acceptors (Lipinski definition) is 5. The summed E-state index contributed by atoms with van der Waals surface area (Å²) in [6, 6.07) is 17.2. The Kier molecular flexibility index (Phi) is 6.25. The van der Waals surface area contributed by atoms with Crippen molar-refractivity contribution in [2.24, 2.45) is 5.92 Å². The normalized spacial score (nSPS) is 17.0. The van der Waals surface area contributed by atoms with E-state index in [9.17, 15) is 9.59 Å². The first-order chi connectivity index (χ1) is 16.6. The molecule has 2 amide bonds. The third-order valence-corrected chi connectivity index (χ3v) is 6.56. The molecule has 1 atom stereocenters. The van der Waals surface area contributed by atoms with E-state index in [4.69, 9.17) is 14.2 Å². The van der Waals surface area contributed by atoms with Crippen LogP contribution < -0.4 is 19.5 Å². The van der Waals surface area contributed by atoms with E-state index in [2.05, 4.69) is 5.32 Å². The molecular formula is C27H28N2O5. The van der Waals surface area contributed by atoms with Crippen LogP contribution in [0.25, 0.3) is 10.8 Å². The maximum Gasteiger partial charge on any atom is 0.254 e. The Morgan fingerprint density at radius 2 is 1.88 bits per heavy atom. The lowest BCUT2D eigenvalue weighted by Crippen LogP contribution is -2.45. The van der Waals surface area contributed by atoms with Gasteiger partial charge in [0.1, 0.15) is 5.75 Å². The number of nitrogens with one attached hydrogen (secondary N) is 1. The van der Waals surface area contributed by atoms with Crippen LogP contribution in [0.2, 0.25) is 0 Å². The van der Waals surface area contributed by atoms with Crippen molar-refractivity contribution in [3.05, 3.63) is 65.7 Å². The summed E-state index contributed by atoms with van der Waals surface area (Å²) in [6.07, 6.45) is 2.29. The Hall–Kier alpha value is -3.74. The van der Waals surface area contributed by atoms with Gasteiger partial charge in [0.25, 0.3) is 5.91 Å². The highest BCUT2D eigenvalue weighted by Gasteiger charge is 2.29. The summed E-state index contributed by atoms with van der Waals surface area (Å²) in [5.74, 6) is 1.99. The first-order valence-electron chi connectivity index (χ1n) is 11.7. The minimum atomic E-state index is -0.209. The summed E-state index contributed by atoms with van der Waals surface area (Å²) in [5, 5.41) is 4.82. The topological polar surface area (TPSA) is 77.1 Å². The van der Waals surface area contributed by atoms with Gasteiger partial charge in [-0.3, -0.25) is 9.59 Å². The van der Waals surface area contributed by atoms with Crippen LogP contribution in [0.4, 0.5) is 0 Å². The molecule has 2 heterocycles. The molecule has 3 aromatic rings. The molecule has 0 aliphatic carbocycles. The van der Waals surface area contributed by atoms with Crippen molar-refractivity contribution in [3.63, 3.8) is 0 Å². The highest BCUT2D eigenvalue weighted by Crippen LogP contribution is 2.33. The van der Waals surface area contributed by atoms with E-state index in [1.54, 1.807) is 12.0 Å². The Morgan fingerprint density at radius 3 is 2.74 bits per heavy atom. The van der Waals surface area contributed by atoms with Crippen LogP contribution in [-0.2, 0) is 11.2 Å². The monoisotopic (exact) mass is 460 g/mol. The van der Waals surface area contributed by atoms with Crippen molar-refractivity contribution in [1.82, 2.24) is 10.2 Å². The molecule has 1 fully saturated rings. The van der Waals surface area contributed by atoms with E-state index in [0.29, 0.717) is 31.6 Å². The maximum atomic E-state index is 13.4. The predicted molar refractivity (Wildman–Crippen MR) is 128 cm³/mol. The van der Waals surface area contributed by atoms with Crippen LogP contribution >= 0.6 is 0 Å². The maximum absolute atomic E-state index is 13.4. The van der Waals surface area contributed by atoms with Crippen molar-refractivity contribution >= 4 is 22.6 Å². The number of carbonyl (C=O) groups excluding carboxylic acids is 2. The number of hydrogen-bond donors (Lipinski definition) is 1. The van der Waals surface area contributed by atoms with Gasteiger partial charge in [0.05, 0.1) is 13.0 Å². The molecule has 0 aromatic heterocycles. The number of nitrogens with zero attached hydrogens (tertiary/aromatic N) is 1. The predicted octanol–water partition coefficient (Wildman–Crippen LogP) is 3.79. The van der Waals surface area contributed by atoms with Crippen molar-refractivity contribution < 1.29 is 23.8 Å². The number of carbonyl (C=O) groups is 2. The van der Waals surface area contributed by atoms with Gasteiger partial charge in [0.15, 0.2) is 11.5 Å². The molecule has 1 N–H and O–H groups in total. The van der Waals surface area contributed by atoms with Gasteiger partial charge in [-0.2, -0.15) is 0 Å². The molecule has 0 unspecified atom stereocenters. The third-order valence-electron chi connectivity index (χ3n) is 6.56. The smallest absolute Gasteiger partial charge is 0.254 e. The Labute approximate surface area is 198 Å². The Bertz CT molecular complexity index is 1220. The summed E-state index contributed by atoms with van der Waals surface area (Å²) < 4.78 is 16.2. The molecule has 2 aliphatic heterocycles. The summed E-state index contributed by atoms with van der Waals surface area (Å²) in [7, 11) is 1.63. The summed E-state index contributed by atoms with van der Waals surface area (Å²) in [4.78, 5) is 28.1. The lowest BCUT2D eigenvalue weighted by atomic mass is 9.95. The van der Waals surface area contributed by atoms with Gasteiger partial charge in [-0.05, 0) is 54.5 Å². The molecule has 0 saturated carbocycles. The van der Waals surface area contributed by atoms with E-state index >= 15 is 0 Å². The van der Waals surface area contributed by atoms with E-state index in [0.717, 1.165) is 46.4 Å². The number of piperidine rings is 1. The summed E-state index contributed by atoms with van der Waals surface area (Å²) in [6.45, 7) is 1.86. The average Bonchev–Trinajstić information content (AvgIpc) is 3.35. The van der Waals surface area contributed by atoms with Crippen LogP contribution in [-0.4, -0.2) is 50.3 Å². The summed E-state index contributed by atoms with van der Waals surface area (Å²) >= 11 is 0. The summed E-state index contributed by atoms with van der Waals surface area (Å²) in [5.41, 5.74) is 1.72. The van der Waals surface area contributed by atoms with Crippen LogP contribution in [0, 0.1) is 5.92 Å². The van der Waals surface area contributed by atoms with Crippen LogP contribution in [0.15, 0.2) is 54.6 Å². The molecule has 7 nitrogen and oxygen atoms in total. The largest absolute Gasteiger partial charge is 0.496 e. The van der Waals surface area contributed by atoms with Crippen molar-refractivity contribution in [2.75, 3.05) is 33.5 Å². The number of methoxy groups -OCH3 is 1. The van der Waals surface area contributed by atoms with E-state index in [1.807, 2.05) is 54.6 Å². The van der Waals surface area contributed by atoms with Gasteiger partial charge in [-0.25, -0.2) is 0 Å². The quantitative estimate of drug-likeness (QED) is 0.606. The minimum Gasteiger partial charge on any atom is -0.496 e. The Morgan fingerprint density at radius 1 is 1.06 bits per heavy atom. The molecule has 5 rings (SSSR count). The molecule has 0 spiro atoms. The van der Waals surface area contributed by atoms with Crippen LogP contribution in [0.1, 0.15) is 28.8 Å². The van der Waals surface area contributed by atoms with Gasteiger partial charge in [-0.1, -0.05) is 30.3 Å². The number of rotatable bonds is 6. The standard InChI is InChI=1S/C27H28N2O5/c1-32-23-11-9-22(20-6-2-3-7-21(20)23)27(31)29-14-4-5-19(16-29)26(30)28-13-12-18-8-10-24-25(15-18)34-17-33-24/h2-3,6-11,15,19H,4-5,12-14,16-17H2,1H3,(H,28,30)/t19-/m1/s1. The molecule has 3 aromatic carbocycles. The van der Waals surface area contributed by atoms with Gasteiger partial charge < -0.3 is 24.4 Å². The Balaban J connectivity index is 1.21. The number of amides is 2. The fourth-order valence-electron chi connectivity index (χ4n) is 4.75. The molecule has 34 heavy (non-hydrogen) atoms. The molecule has 1 saturated heterocycles. The second-order valence-electron chi connectivity index (χ2n) is 8.68. The molecular weight excluding hydrogens is 432 g/mol. The second-order valence-corrected chi connectivity index (χ2v) is 8.68.